The largest absolute Gasteiger partial charge is 0.330 e. The van der Waals surface area contributed by atoms with Crippen LogP contribution in [0.15, 0.2) is 18.2 Å². The van der Waals surface area contributed by atoms with E-state index in [1.165, 1.54) is 11.1 Å². The topological polar surface area (TPSA) is 46.3 Å². The third-order valence-electron chi connectivity index (χ3n) is 4.02. The smallest absolute Gasteiger partial charge is 0.227 e. The second-order valence-electron chi connectivity index (χ2n) is 6.29. The molecule has 1 aliphatic heterocycles. The second kappa shape index (κ2) is 4.97. The van der Waals surface area contributed by atoms with Gasteiger partial charge in [-0.15, -0.1) is 0 Å². The van der Waals surface area contributed by atoms with Gasteiger partial charge in [-0.3, -0.25) is 4.79 Å². The number of carbonyl (C=O) groups excluding carboxylic acids is 1. The molecule has 0 bridgehead atoms. The maximum atomic E-state index is 12.0. The van der Waals surface area contributed by atoms with E-state index in [0.717, 1.165) is 12.1 Å². The van der Waals surface area contributed by atoms with Gasteiger partial charge in [-0.1, -0.05) is 26.0 Å². The Hall–Kier alpha value is -1.35. The predicted octanol–water partition coefficient (Wildman–Crippen LogP) is 2.61. The summed E-state index contributed by atoms with van der Waals surface area (Å²) in [6.45, 7) is 9.06. The highest BCUT2D eigenvalue weighted by Crippen LogP contribution is 2.33. The quantitative estimate of drug-likeness (QED) is 0.908. The second-order valence-corrected chi connectivity index (χ2v) is 6.29. The van der Waals surface area contributed by atoms with Crippen molar-refractivity contribution in [2.45, 2.75) is 52.0 Å². The van der Waals surface area contributed by atoms with Gasteiger partial charge >= 0.3 is 0 Å². The summed E-state index contributed by atoms with van der Waals surface area (Å²) < 4.78 is 0. The van der Waals surface area contributed by atoms with Gasteiger partial charge in [0.05, 0.1) is 0 Å². The maximum absolute atomic E-state index is 12.0. The average Bonchev–Trinajstić information content (AvgIpc) is 2.37. The van der Waals surface area contributed by atoms with Crippen molar-refractivity contribution < 1.29 is 4.79 Å². The molecule has 104 valence electrons. The first-order valence-corrected chi connectivity index (χ1v) is 7.02. The van der Waals surface area contributed by atoms with Gasteiger partial charge in [0.15, 0.2) is 0 Å². The van der Waals surface area contributed by atoms with Gasteiger partial charge in [-0.2, -0.15) is 0 Å². The zero-order chi connectivity index (χ0) is 14.2. The SMILES string of the molecule is CC(C)N1C(=O)CCc2cc(C(C)(C)CN)ccc21. The third kappa shape index (κ3) is 2.52. The lowest BCUT2D eigenvalue weighted by Gasteiger charge is -2.34. The molecule has 0 saturated carbocycles. The molecule has 1 aromatic carbocycles. The van der Waals surface area contributed by atoms with E-state index in [-0.39, 0.29) is 17.4 Å². The van der Waals surface area contributed by atoms with Crippen LogP contribution in [0.3, 0.4) is 0 Å². The predicted molar refractivity (Wildman–Crippen MR) is 79.5 cm³/mol. The summed E-state index contributed by atoms with van der Waals surface area (Å²) >= 11 is 0. The lowest BCUT2D eigenvalue weighted by atomic mass is 9.82. The zero-order valence-corrected chi connectivity index (χ0v) is 12.4. The molecule has 1 aromatic rings. The number of nitrogens with zero attached hydrogens (tertiary/aromatic N) is 1. The summed E-state index contributed by atoms with van der Waals surface area (Å²) in [6, 6.07) is 6.63. The summed E-state index contributed by atoms with van der Waals surface area (Å²) in [5.41, 5.74) is 9.43. The molecular weight excluding hydrogens is 236 g/mol. The summed E-state index contributed by atoms with van der Waals surface area (Å²) in [4.78, 5) is 14.0. The summed E-state index contributed by atoms with van der Waals surface area (Å²) in [5.74, 6) is 0.230. The number of carbonyl (C=O) groups is 1. The Balaban J connectivity index is 2.45. The fourth-order valence-corrected chi connectivity index (χ4v) is 2.62. The molecule has 0 radical (unpaired) electrons. The minimum Gasteiger partial charge on any atom is -0.330 e. The first kappa shape index (κ1) is 14.1. The van der Waals surface area contributed by atoms with Crippen molar-refractivity contribution in [2.75, 3.05) is 11.4 Å². The van der Waals surface area contributed by atoms with Crippen molar-refractivity contribution >= 4 is 11.6 Å². The number of fused-ring (bicyclic) bond motifs is 1. The molecule has 1 aliphatic rings. The van der Waals surface area contributed by atoms with Crippen LogP contribution in [0.25, 0.3) is 0 Å². The van der Waals surface area contributed by atoms with Gasteiger partial charge in [0, 0.05) is 30.1 Å². The Morgan fingerprint density at radius 1 is 1.32 bits per heavy atom. The van der Waals surface area contributed by atoms with Crippen molar-refractivity contribution in [1.82, 2.24) is 0 Å². The number of aryl methyl sites for hydroxylation is 1. The summed E-state index contributed by atoms with van der Waals surface area (Å²) in [6.07, 6.45) is 1.45. The molecule has 2 N–H and O–H groups in total. The third-order valence-corrected chi connectivity index (χ3v) is 4.02. The molecule has 0 spiro atoms. The number of hydrogen-bond donors (Lipinski definition) is 1. The molecule has 3 nitrogen and oxygen atoms in total. The van der Waals surface area contributed by atoms with E-state index in [1.807, 2.05) is 4.90 Å². The van der Waals surface area contributed by atoms with E-state index in [1.54, 1.807) is 0 Å². The molecule has 0 fully saturated rings. The first-order valence-electron chi connectivity index (χ1n) is 7.02. The van der Waals surface area contributed by atoms with Gasteiger partial charge in [-0.05, 0) is 37.5 Å². The van der Waals surface area contributed by atoms with Crippen LogP contribution in [0.4, 0.5) is 5.69 Å². The molecule has 0 saturated heterocycles. The van der Waals surface area contributed by atoms with Crippen LogP contribution in [-0.4, -0.2) is 18.5 Å². The Morgan fingerprint density at radius 3 is 2.58 bits per heavy atom. The maximum Gasteiger partial charge on any atom is 0.227 e. The Bertz CT molecular complexity index is 492. The average molecular weight is 260 g/mol. The standard InChI is InChI=1S/C16H24N2O/c1-11(2)18-14-7-6-13(16(3,4)10-17)9-12(14)5-8-15(18)19/h6-7,9,11H,5,8,10,17H2,1-4H3. The lowest BCUT2D eigenvalue weighted by molar-refractivity contribution is -0.119. The van der Waals surface area contributed by atoms with Crippen LogP contribution in [0.5, 0.6) is 0 Å². The van der Waals surface area contributed by atoms with Crippen LogP contribution >= 0.6 is 0 Å². The van der Waals surface area contributed by atoms with E-state index in [9.17, 15) is 4.79 Å². The molecule has 2 rings (SSSR count). The summed E-state index contributed by atoms with van der Waals surface area (Å²) in [5, 5.41) is 0. The Kier molecular flexibility index (Phi) is 3.68. The normalized spacial score (nSPS) is 15.9. The van der Waals surface area contributed by atoms with Crippen molar-refractivity contribution in [1.29, 1.82) is 0 Å². The number of amides is 1. The van der Waals surface area contributed by atoms with Gasteiger partial charge in [0.25, 0.3) is 0 Å². The molecule has 3 heteroatoms. The van der Waals surface area contributed by atoms with Crippen LogP contribution in [-0.2, 0) is 16.6 Å². The van der Waals surface area contributed by atoms with Crippen LogP contribution in [0.1, 0.15) is 45.2 Å². The van der Waals surface area contributed by atoms with Crippen LogP contribution in [0, 0.1) is 0 Å². The zero-order valence-electron chi connectivity index (χ0n) is 12.4. The van der Waals surface area contributed by atoms with Crippen molar-refractivity contribution in [3.05, 3.63) is 29.3 Å². The highest BCUT2D eigenvalue weighted by atomic mass is 16.2. The lowest BCUT2D eigenvalue weighted by Crippen LogP contribution is -2.40. The number of benzene rings is 1. The Labute approximate surface area is 115 Å². The van der Waals surface area contributed by atoms with E-state index in [4.69, 9.17) is 5.73 Å². The highest BCUT2D eigenvalue weighted by molar-refractivity contribution is 5.96. The fourth-order valence-electron chi connectivity index (χ4n) is 2.62. The number of anilines is 1. The number of rotatable bonds is 3. The van der Waals surface area contributed by atoms with Crippen LogP contribution < -0.4 is 10.6 Å². The molecule has 19 heavy (non-hydrogen) atoms. The van der Waals surface area contributed by atoms with Gasteiger partial charge < -0.3 is 10.6 Å². The van der Waals surface area contributed by atoms with Gasteiger partial charge in [0.1, 0.15) is 0 Å². The van der Waals surface area contributed by atoms with Crippen molar-refractivity contribution in [3.8, 4) is 0 Å². The van der Waals surface area contributed by atoms with Crippen molar-refractivity contribution in [3.63, 3.8) is 0 Å². The molecule has 0 unspecified atom stereocenters. The summed E-state index contributed by atoms with van der Waals surface area (Å²) in [7, 11) is 0. The monoisotopic (exact) mass is 260 g/mol. The molecule has 0 aliphatic carbocycles. The molecule has 0 atom stereocenters. The fraction of sp³-hybridized carbons (Fsp3) is 0.562. The molecule has 1 amide bonds. The molecule has 1 heterocycles. The van der Waals surface area contributed by atoms with E-state index in [2.05, 4.69) is 45.9 Å². The molecular formula is C16H24N2O. The van der Waals surface area contributed by atoms with E-state index in [0.29, 0.717) is 13.0 Å². The van der Waals surface area contributed by atoms with E-state index >= 15 is 0 Å². The number of hydrogen-bond acceptors (Lipinski definition) is 2. The minimum atomic E-state index is -0.0147. The Morgan fingerprint density at radius 2 is 2.00 bits per heavy atom. The highest BCUT2D eigenvalue weighted by Gasteiger charge is 2.28. The molecule has 0 aromatic heterocycles. The number of nitrogens with two attached hydrogens (primary N) is 1. The minimum absolute atomic E-state index is 0.0147. The van der Waals surface area contributed by atoms with E-state index < -0.39 is 0 Å². The van der Waals surface area contributed by atoms with Gasteiger partial charge in [-0.25, -0.2) is 0 Å². The van der Waals surface area contributed by atoms with Gasteiger partial charge in [0.2, 0.25) is 5.91 Å². The van der Waals surface area contributed by atoms with Crippen molar-refractivity contribution in [2.24, 2.45) is 5.73 Å². The first-order chi connectivity index (χ1) is 8.86. The van der Waals surface area contributed by atoms with Crippen LogP contribution in [0.2, 0.25) is 0 Å².